The van der Waals surface area contributed by atoms with Gasteiger partial charge in [-0.15, -0.1) is 0 Å². The molecule has 1 unspecified atom stereocenters. The van der Waals surface area contributed by atoms with Gasteiger partial charge >= 0.3 is 0 Å². The molecule has 0 aliphatic heterocycles. The van der Waals surface area contributed by atoms with E-state index in [-0.39, 0.29) is 12.6 Å². The molecule has 0 saturated carbocycles. The third-order valence-electron chi connectivity index (χ3n) is 2.02. The predicted octanol–water partition coefficient (Wildman–Crippen LogP) is 0.429. The Balaban J connectivity index is 2.72. The zero-order valence-electron chi connectivity index (χ0n) is 8.20. The van der Waals surface area contributed by atoms with Crippen LogP contribution in [0.3, 0.4) is 0 Å². The Kier molecular flexibility index (Phi) is 3.53. The molecule has 78 valence electrons. The van der Waals surface area contributed by atoms with Gasteiger partial charge < -0.3 is 21.9 Å². The molecule has 0 spiro atoms. The van der Waals surface area contributed by atoms with Gasteiger partial charge in [0.2, 0.25) is 0 Å². The zero-order valence-corrected chi connectivity index (χ0v) is 8.20. The number of nitrogens with zero attached hydrogens (tertiary/aromatic N) is 1. The predicted molar refractivity (Wildman–Crippen MR) is 57.8 cm³/mol. The lowest BCUT2D eigenvalue weighted by Gasteiger charge is -2.14. The Bertz CT molecular complexity index is 299. The van der Waals surface area contributed by atoms with Crippen LogP contribution in [0.5, 0.6) is 0 Å². The fourth-order valence-electron chi connectivity index (χ4n) is 1.05. The van der Waals surface area contributed by atoms with Crippen LogP contribution in [0.25, 0.3) is 0 Å². The average Bonchev–Trinajstić information content (AvgIpc) is 2.19. The molecule has 0 aliphatic rings. The topological polar surface area (TPSA) is 97.2 Å². The van der Waals surface area contributed by atoms with Gasteiger partial charge in [0.1, 0.15) is 11.6 Å². The number of nitrogens with one attached hydrogen (secondary N) is 1. The van der Waals surface area contributed by atoms with Crippen molar-refractivity contribution >= 4 is 17.3 Å². The summed E-state index contributed by atoms with van der Waals surface area (Å²) in [6.45, 7) is 2.05. The highest BCUT2D eigenvalue weighted by molar-refractivity contribution is 5.61. The van der Waals surface area contributed by atoms with Crippen molar-refractivity contribution in [1.82, 2.24) is 4.98 Å². The number of anilines is 3. The smallest absolute Gasteiger partial charge is 0.149 e. The van der Waals surface area contributed by atoms with Crippen molar-refractivity contribution in [3.8, 4) is 0 Å². The molecule has 0 aromatic carbocycles. The molecule has 0 amide bonds. The zero-order chi connectivity index (χ0) is 10.6. The first-order chi connectivity index (χ1) is 6.67. The number of aliphatic hydroxyl groups is 1. The minimum Gasteiger partial charge on any atom is -0.396 e. The standard InChI is InChI=1S/C9H16N4O/c1-2-6(5-14)12-8-4-3-7(10)9(11)13-8/h3-4,6,14H,2,5,10H2,1H3,(H3,11,12,13). The van der Waals surface area contributed by atoms with E-state index >= 15 is 0 Å². The molecule has 0 saturated heterocycles. The first-order valence-electron chi connectivity index (χ1n) is 4.56. The van der Waals surface area contributed by atoms with Crippen LogP contribution in [-0.4, -0.2) is 22.7 Å². The summed E-state index contributed by atoms with van der Waals surface area (Å²) in [4.78, 5) is 4.04. The molecular weight excluding hydrogens is 180 g/mol. The summed E-state index contributed by atoms with van der Waals surface area (Å²) in [6, 6.07) is 3.43. The van der Waals surface area contributed by atoms with E-state index < -0.39 is 0 Å². The van der Waals surface area contributed by atoms with Crippen molar-refractivity contribution in [3.63, 3.8) is 0 Å². The lowest BCUT2D eigenvalue weighted by Crippen LogP contribution is -2.23. The van der Waals surface area contributed by atoms with Gasteiger partial charge in [0.05, 0.1) is 18.3 Å². The molecule has 0 aliphatic carbocycles. The molecule has 1 atom stereocenters. The van der Waals surface area contributed by atoms with Gasteiger partial charge in [0, 0.05) is 0 Å². The second-order valence-corrected chi connectivity index (χ2v) is 3.10. The van der Waals surface area contributed by atoms with E-state index in [4.69, 9.17) is 16.6 Å². The van der Waals surface area contributed by atoms with Gasteiger partial charge in [0.15, 0.2) is 0 Å². The Morgan fingerprint density at radius 1 is 1.50 bits per heavy atom. The highest BCUT2D eigenvalue weighted by Crippen LogP contribution is 2.15. The number of aromatic nitrogens is 1. The van der Waals surface area contributed by atoms with Crippen LogP contribution in [0.15, 0.2) is 12.1 Å². The maximum absolute atomic E-state index is 8.97. The van der Waals surface area contributed by atoms with Crippen molar-refractivity contribution in [2.45, 2.75) is 19.4 Å². The van der Waals surface area contributed by atoms with Crippen LogP contribution < -0.4 is 16.8 Å². The van der Waals surface area contributed by atoms with Gasteiger partial charge in [0.25, 0.3) is 0 Å². The van der Waals surface area contributed by atoms with Gasteiger partial charge in [-0.25, -0.2) is 4.98 Å². The lowest BCUT2D eigenvalue weighted by atomic mass is 10.2. The number of hydrogen-bond donors (Lipinski definition) is 4. The summed E-state index contributed by atoms with van der Waals surface area (Å²) in [5.41, 5.74) is 11.5. The van der Waals surface area contributed by atoms with Crippen LogP contribution in [0.1, 0.15) is 13.3 Å². The summed E-state index contributed by atoms with van der Waals surface area (Å²) in [6.07, 6.45) is 0.822. The molecule has 6 N–H and O–H groups in total. The third kappa shape index (κ3) is 2.50. The number of nitrogen functional groups attached to an aromatic ring is 2. The van der Waals surface area contributed by atoms with Crippen molar-refractivity contribution in [3.05, 3.63) is 12.1 Å². The van der Waals surface area contributed by atoms with Crippen molar-refractivity contribution in [1.29, 1.82) is 0 Å². The van der Waals surface area contributed by atoms with Crippen molar-refractivity contribution in [2.75, 3.05) is 23.4 Å². The Labute approximate surface area is 83.1 Å². The third-order valence-corrected chi connectivity index (χ3v) is 2.02. The van der Waals surface area contributed by atoms with Gasteiger partial charge in [-0.05, 0) is 18.6 Å². The molecule has 1 heterocycles. The van der Waals surface area contributed by atoms with Gasteiger partial charge in [-0.3, -0.25) is 0 Å². The SMILES string of the molecule is CCC(CO)Nc1ccc(N)c(N)n1. The van der Waals surface area contributed by atoms with Gasteiger partial charge in [-0.1, -0.05) is 6.92 Å². The monoisotopic (exact) mass is 196 g/mol. The maximum Gasteiger partial charge on any atom is 0.149 e. The van der Waals surface area contributed by atoms with E-state index in [1.165, 1.54) is 0 Å². The minimum absolute atomic E-state index is 0.00512. The molecule has 0 radical (unpaired) electrons. The summed E-state index contributed by atoms with van der Waals surface area (Å²) >= 11 is 0. The van der Waals surface area contributed by atoms with E-state index in [0.717, 1.165) is 6.42 Å². The molecule has 0 bridgehead atoms. The van der Waals surface area contributed by atoms with E-state index in [1.807, 2.05) is 6.92 Å². The number of aliphatic hydroxyl groups excluding tert-OH is 1. The molecular formula is C9H16N4O. The highest BCUT2D eigenvalue weighted by atomic mass is 16.3. The summed E-state index contributed by atoms with van der Waals surface area (Å²) in [7, 11) is 0. The fraction of sp³-hybridized carbons (Fsp3) is 0.444. The lowest BCUT2D eigenvalue weighted by molar-refractivity contribution is 0.271. The van der Waals surface area contributed by atoms with Crippen LogP contribution in [-0.2, 0) is 0 Å². The van der Waals surface area contributed by atoms with Crippen LogP contribution in [0, 0.1) is 0 Å². The molecule has 5 heteroatoms. The summed E-state index contributed by atoms with van der Waals surface area (Å²) in [5.74, 6) is 0.945. The number of hydrogen-bond acceptors (Lipinski definition) is 5. The molecule has 14 heavy (non-hydrogen) atoms. The second-order valence-electron chi connectivity index (χ2n) is 3.10. The molecule has 5 nitrogen and oxygen atoms in total. The quantitative estimate of drug-likeness (QED) is 0.560. The van der Waals surface area contributed by atoms with Crippen LogP contribution >= 0.6 is 0 Å². The number of rotatable bonds is 4. The molecule has 1 aromatic rings. The van der Waals surface area contributed by atoms with E-state index in [1.54, 1.807) is 12.1 Å². The molecule has 1 aromatic heterocycles. The molecule has 0 fully saturated rings. The van der Waals surface area contributed by atoms with E-state index in [0.29, 0.717) is 17.3 Å². The first-order valence-corrected chi connectivity index (χ1v) is 4.56. The van der Waals surface area contributed by atoms with Crippen molar-refractivity contribution < 1.29 is 5.11 Å². The van der Waals surface area contributed by atoms with E-state index in [9.17, 15) is 0 Å². The largest absolute Gasteiger partial charge is 0.396 e. The number of pyridine rings is 1. The van der Waals surface area contributed by atoms with Crippen LogP contribution in [0.4, 0.5) is 17.3 Å². The summed E-state index contributed by atoms with van der Waals surface area (Å²) in [5, 5.41) is 12.0. The number of nitrogens with two attached hydrogens (primary N) is 2. The Hall–Kier alpha value is -1.49. The first kappa shape index (κ1) is 10.6. The normalized spacial score (nSPS) is 12.4. The molecule has 1 rings (SSSR count). The maximum atomic E-state index is 8.97. The van der Waals surface area contributed by atoms with E-state index in [2.05, 4.69) is 10.3 Å². The van der Waals surface area contributed by atoms with Crippen LogP contribution in [0.2, 0.25) is 0 Å². The average molecular weight is 196 g/mol. The highest BCUT2D eigenvalue weighted by Gasteiger charge is 2.05. The Morgan fingerprint density at radius 3 is 2.71 bits per heavy atom. The van der Waals surface area contributed by atoms with Crippen molar-refractivity contribution in [2.24, 2.45) is 0 Å². The fourth-order valence-corrected chi connectivity index (χ4v) is 1.05. The second kappa shape index (κ2) is 4.66. The van der Waals surface area contributed by atoms with Gasteiger partial charge in [-0.2, -0.15) is 0 Å². The minimum atomic E-state index is 0.00512. The summed E-state index contributed by atoms with van der Waals surface area (Å²) < 4.78 is 0. The Morgan fingerprint density at radius 2 is 2.21 bits per heavy atom.